The average Bonchev–Trinajstić information content (AvgIpc) is 2.70. The lowest BCUT2D eigenvalue weighted by atomic mass is 10.0. The number of rotatable bonds is 2. The highest BCUT2D eigenvalue weighted by atomic mass is 16.2. The Balaban J connectivity index is 2.39. The van der Waals surface area contributed by atoms with Crippen LogP contribution >= 0.6 is 0 Å². The molecule has 1 aliphatic heterocycles. The van der Waals surface area contributed by atoms with E-state index in [0.717, 1.165) is 18.7 Å². The van der Waals surface area contributed by atoms with Crippen molar-refractivity contribution in [2.75, 3.05) is 18.0 Å². The maximum Gasteiger partial charge on any atom is 0.223 e. The Hall–Kier alpha value is -1.61. The Morgan fingerprint density at radius 3 is 3.06 bits per heavy atom. The molecule has 0 radical (unpaired) electrons. The second-order valence-electron chi connectivity index (χ2n) is 3.90. The van der Waals surface area contributed by atoms with Crippen molar-refractivity contribution in [2.45, 2.75) is 13.3 Å². The minimum Gasteiger partial charge on any atom is -0.327 e. The summed E-state index contributed by atoms with van der Waals surface area (Å²) < 4.78 is 0. The summed E-state index contributed by atoms with van der Waals surface area (Å²) in [6.45, 7) is 2.94. The van der Waals surface area contributed by atoms with Gasteiger partial charge in [0.05, 0.1) is 0 Å². The van der Waals surface area contributed by atoms with Gasteiger partial charge < -0.3 is 10.6 Å². The molecule has 0 bridgehead atoms. The molecule has 1 heterocycles. The maximum atomic E-state index is 11.4. The summed E-state index contributed by atoms with van der Waals surface area (Å²) in [7, 11) is 0. The highest BCUT2D eigenvalue weighted by Gasteiger charge is 2.23. The number of nitrogens with two attached hydrogens (primary N) is 1. The van der Waals surface area contributed by atoms with Crippen LogP contribution in [0.25, 0.3) is 6.08 Å². The largest absolute Gasteiger partial charge is 0.327 e. The number of carbonyl (C=O) groups is 1. The van der Waals surface area contributed by atoms with Crippen LogP contribution in [0.2, 0.25) is 0 Å². The van der Waals surface area contributed by atoms with Crippen molar-refractivity contribution in [2.24, 2.45) is 5.73 Å². The quantitative estimate of drug-likeness (QED) is 0.815. The van der Waals surface area contributed by atoms with Gasteiger partial charge in [-0.15, -0.1) is 0 Å². The molecule has 0 atom stereocenters. The first-order valence-corrected chi connectivity index (χ1v) is 5.50. The van der Waals surface area contributed by atoms with Crippen LogP contribution in [0.1, 0.15) is 18.1 Å². The molecule has 1 aliphatic rings. The van der Waals surface area contributed by atoms with Gasteiger partial charge in [0.1, 0.15) is 0 Å². The zero-order valence-corrected chi connectivity index (χ0v) is 9.44. The highest BCUT2D eigenvalue weighted by Crippen LogP contribution is 2.31. The number of anilines is 1. The van der Waals surface area contributed by atoms with Gasteiger partial charge in [-0.1, -0.05) is 24.3 Å². The van der Waals surface area contributed by atoms with Gasteiger partial charge in [0.25, 0.3) is 0 Å². The molecule has 0 fully saturated rings. The van der Waals surface area contributed by atoms with Gasteiger partial charge in [-0.25, -0.2) is 0 Å². The summed E-state index contributed by atoms with van der Waals surface area (Å²) >= 11 is 0. The first-order chi connectivity index (χ1) is 7.74. The molecule has 16 heavy (non-hydrogen) atoms. The number of nitrogens with zero attached hydrogens (tertiary/aromatic N) is 1. The van der Waals surface area contributed by atoms with Crippen molar-refractivity contribution >= 4 is 17.7 Å². The lowest BCUT2D eigenvalue weighted by Gasteiger charge is -2.14. The summed E-state index contributed by atoms with van der Waals surface area (Å²) in [6.07, 6.45) is 4.90. The van der Waals surface area contributed by atoms with E-state index in [-0.39, 0.29) is 5.91 Å². The molecule has 0 spiro atoms. The van der Waals surface area contributed by atoms with E-state index in [1.54, 1.807) is 6.92 Å². The minimum atomic E-state index is 0.110. The van der Waals surface area contributed by atoms with Crippen molar-refractivity contribution in [3.05, 3.63) is 35.4 Å². The SMILES string of the molecule is CC(=O)N1CCc2c(/C=C/CN)cccc21. The first-order valence-electron chi connectivity index (χ1n) is 5.50. The number of hydrogen-bond acceptors (Lipinski definition) is 2. The fraction of sp³-hybridized carbons (Fsp3) is 0.308. The molecule has 0 aliphatic carbocycles. The summed E-state index contributed by atoms with van der Waals surface area (Å²) in [5, 5.41) is 0. The second-order valence-corrected chi connectivity index (χ2v) is 3.90. The molecule has 0 unspecified atom stereocenters. The van der Waals surface area contributed by atoms with Crippen molar-refractivity contribution in [1.29, 1.82) is 0 Å². The molecular formula is C13H16N2O. The van der Waals surface area contributed by atoms with Gasteiger partial charge in [-0.05, 0) is 23.6 Å². The van der Waals surface area contributed by atoms with Crippen LogP contribution < -0.4 is 10.6 Å². The Morgan fingerprint density at radius 2 is 2.38 bits per heavy atom. The smallest absolute Gasteiger partial charge is 0.223 e. The molecule has 84 valence electrons. The third-order valence-electron chi connectivity index (χ3n) is 2.88. The maximum absolute atomic E-state index is 11.4. The van der Waals surface area contributed by atoms with Gasteiger partial charge in [0.15, 0.2) is 0 Å². The monoisotopic (exact) mass is 216 g/mol. The van der Waals surface area contributed by atoms with E-state index < -0.39 is 0 Å². The summed E-state index contributed by atoms with van der Waals surface area (Å²) in [4.78, 5) is 13.3. The van der Waals surface area contributed by atoms with Gasteiger partial charge in [-0.2, -0.15) is 0 Å². The normalized spacial score (nSPS) is 14.5. The fourth-order valence-corrected chi connectivity index (χ4v) is 2.14. The Morgan fingerprint density at radius 1 is 1.56 bits per heavy atom. The van der Waals surface area contributed by atoms with E-state index in [1.165, 1.54) is 11.1 Å². The molecule has 2 rings (SSSR count). The third kappa shape index (κ3) is 1.86. The van der Waals surface area contributed by atoms with Crippen molar-refractivity contribution in [3.8, 4) is 0 Å². The molecule has 1 aromatic rings. The van der Waals surface area contributed by atoms with Gasteiger partial charge in [0, 0.05) is 25.7 Å². The topological polar surface area (TPSA) is 46.3 Å². The zero-order valence-electron chi connectivity index (χ0n) is 9.44. The van der Waals surface area contributed by atoms with Crippen LogP contribution in [0.5, 0.6) is 0 Å². The number of hydrogen-bond donors (Lipinski definition) is 1. The van der Waals surface area contributed by atoms with Crippen LogP contribution in [0, 0.1) is 0 Å². The predicted molar refractivity (Wildman–Crippen MR) is 66.3 cm³/mol. The lowest BCUT2D eigenvalue weighted by Crippen LogP contribution is -2.25. The first kappa shape index (κ1) is 10.9. The Labute approximate surface area is 95.6 Å². The number of benzene rings is 1. The van der Waals surface area contributed by atoms with E-state index in [2.05, 4.69) is 6.07 Å². The van der Waals surface area contributed by atoms with E-state index in [4.69, 9.17) is 5.73 Å². The standard InChI is InChI=1S/C13H16N2O/c1-10(16)15-9-7-12-11(5-3-8-14)4-2-6-13(12)15/h2-6H,7-9,14H2,1H3/b5-3+. The van der Waals surface area contributed by atoms with E-state index in [0.29, 0.717) is 6.54 Å². The molecule has 1 aromatic carbocycles. The summed E-state index contributed by atoms with van der Waals surface area (Å²) in [5.74, 6) is 0.110. The number of amides is 1. The Bertz CT molecular complexity index is 438. The molecule has 0 saturated heterocycles. The predicted octanol–water partition coefficient (Wildman–Crippen LogP) is 1.57. The third-order valence-corrected chi connectivity index (χ3v) is 2.88. The highest BCUT2D eigenvalue weighted by molar-refractivity contribution is 5.94. The van der Waals surface area contributed by atoms with Crippen molar-refractivity contribution in [1.82, 2.24) is 0 Å². The lowest BCUT2D eigenvalue weighted by molar-refractivity contribution is -0.116. The van der Waals surface area contributed by atoms with Crippen LogP contribution in [0.4, 0.5) is 5.69 Å². The van der Waals surface area contributed by atoms with Gasteiger partial charge >= 0.3 is 0 Å². The minimum absolute atomic E-state index is 0.110. The van der Waals surface area contributed by atoms with Crippen LogP contribution in [-0.2, 0) is 11.2 Å². The average molecular weight is 216 g/mol. The van der Waals surface area contributed by atoms with E-state index in [1.807, 2.05) is 29.2 Å². The molecule has 0 saturated carbocycles. The Kier molecular flexibility index (Phi) is 3.06. The summed E-state index contributed by atoms with van der Waals surface area (Å²) in [5.41, 5.74) is 8.92. The van der Waals surface area contributed by atoms with Crippen LogP contribution in [0.15, 0.2) is 24.3 Å². The van der Waals surface area contributed by atoms with E-state index >= 15 is 0 Å². The summed E-state index contributed by atoms with van der Waals surface area (Å²) in [6, 6.07) is 6.05. The molecule has 0 aromatic heterocycles. The molecule has 2 N–H and O–H groups in total. The molecule has 1 amide bonds. The van der Waals surface area contributed by atoms with Crippen LogP contribution in [0.3, 0.4) is 0 Å². The zero-order chi connectivity index (χ0) is 11.5. The van der Waals surface area contributed by atoms with Crippen LogP contribution in [-0.4, -0.2) is 19.0 Å². The van der Waals surface area contributed by atoms with Gasteiger partial charge in [0.2, 0.25) is 5.91 Å². The fourth-order valence-electron chi connectivity index (χ4n) is 2.14. The van der Waals surface area contributed by atoms with E-state index in [9.17, 15) is 4.79 Å². The van der Waals surface area contributed by atoms with Crippen molar-refractivity contribution in [3.63, 3.8) is 0 Å². The molecular weight excluding hydrogens is 200 g/mol. The number of fused-ring (bicyclic) bond motifs is 1. The molecule has 3 heteroatoms. The second kappa shape index (κ2) is 4.49. The van der Waals surface area contributed by atoms with Gasteiger partial charge in [-0.3, -0.25) is 4.79 Å². The number of carbonyl (C=O) groups excluding carboxylic acids is 1. The van der Waals surface area contributed by atoms with Crippen molar-refractivity contribution < 1.29 is 4.79 Å². The molecule has 3 nitrogen and oxygen atoms in total.